The molecule has 2 rings (SSSR count). The van der Waals surface area contributed by atoms with Gasteiger partial charge in [-0.25, -0.2) is 0 Å². The van der Waals surface area contributed by atoms with E-state index in [-0.39, 0.29) is 0 Å². The topological polar surface area (TPSA) is 15.3 Å². The van der Waals surface area contributed by atoms with Gasteiger partial charge >= 0.3 is 0 Å². The van der Waals surface area contributed by atoms with Crippen LogP contribution in [0, 0.1) is 0 Å². The van der Waals surface area contributed by atoms with E-state index in [0.29, 0.717) is 6.04 Å². The molecule has 0 aromatic heterocycles. The Morgan fingerprint density at radius 3 is 2.56 bits per heavy atom. The maximum Gasteiger partial charge on any atom is 0.0233 e. The maximum absolute atomic E-state index is 3.46. The Hall–Kier alpha value is -0.510. The van der Waals surface area contributed by atoms with Crippen molar-refractivity contribution in [3.8, 4) is 0 Å². The van der Waals surface area contributed by atoms with Crippen molar-refractivity contribution < 1.29 is 0 Å². The Morgan fingerprint density at radius 1 is 1.25 bits per heavy atom. The van der Waals surface area contributed by atoms with E-state index >= 15 is 0 Å². The minimum Gasteiger partial charge on any atom is -0.299 e. The van der Waals surface area contributed by atoms with Crippen LogP contribution in [-0.2, 0) is 6.54 Å². The molecule has 1 fully saturated rings. The second-order valence-electron chi connectivity index (χ2n) is 4.36. The van der Waals surface area contributed by atoms with Gasteiger partial charge in [-0.1, -0.05) is 42.3 Å². The predicted molar refractivity (Wildman–Crippen MR) is 71.4 cm³/mol. The molecular formula is C13H20N2S. The molecule has 1 heterocycles. The van der Waals surface area contributed by atoms with E-state index in [9.17, 15) is 0 Å². The molecule has 1 aromatic carbocycles. The molecule has 0 spiro atoms. The number of hydrogen-bond donors (Lipinski definition) is 1. The maximum atomic E-state index is 3.46. The zero-order valence-corrected chi connectivity index (χ0v) is 10.7. The molecule has 0 unspecified atom stereocenters. The lowest BCUT2D eigenvalue weighted by molar-refractivity contribution is 0.201. The molecule has 0 saturated carbocycles. The van der Waals surface area contributed by atoms with E-state index < -0.39 is 0 Å². The molecule has 0 amide bonds. The Balaban J connectivity index is 1.77. The molecule has 0 atom stereocenters. The van der Waals surface area contributed by atoms with Crippen molar-refractivity contribution >= 4 is 11.9 Å². The van der Waals surface area contributed by atoms with Crippen LogP contribution in [0.5, 0.6) is 0 Å². The van der Waals surface area contributed by atoms with E-state index in [0.717, 1.165) is 6.54 Å². The highest BCUT2D eigenvalue weighted by Crippen LogP contribution is 2.14. The van der Waals surface area contributed by atoms with E-state index in [1.54, 1.807) is 11.9 Å². The monoisotopic (exact) mass is 236 g/mol. The second-order valence-corrected chi connectivity index (χ2v) is 5.00. The fourth-order valence-electron chi connectivity index (χ4n) is 2.22. The summed E-state index contributed by atoms with van der Waals surface area (Å²) in [6.07, 6.45) is 4.65. The quantitative estimate of drug-likeness (QED) is 0.809. The summed E-state index contributed by atoms with van der Waals surface area (Å²) in [6, 6.07) is 11.5. The highest BCUT2D eigenvalue weighted by molar-refractivity contribution is 7.96. The smallest absolute Gasteiger partial charge is 0.0233 e. The summed E-state index contributed by atoms with van der Waals surface area (Å²) in [5.74, 6) is 0. The van der Waals surface area contributed by atoms with Crippen LogP contribution in [0.1, 0.15) is 18.4 Å². The SMILES string of the molecule is CSNC1CCN(Cc2ccccc2)CC1. The Morgan fingerprint density at radius 2 is 1.94 bits per heavy atom. The van der Waals surface area contributed by atoms with Gasteiger partial charge in [0.05, 0.1) is 0 Å². The Kier molecular flexibility index (Phi) is 4.69. The van der Waals surface area contributed by atoms with Gasteiger partial charge in [0.2, 0.25) is 0 Å². The fraction of sp³-hybridized carbons (Fsp3) is 0.538. The lowest BCUT2D eigenvalue weighted by Gasteiger charge is -2.31. The molecule has 0 radical (unpaired) electrons. The number of benzene rings is 1. The van der Waals surface area contributed by atoms with Crippen LogP contribution in [0.2, 0.25) is 0 Å². The van der Waals surface area contributed by atoms with Crippen molar-refractivity contribution in [3.05, 3.63) is 35.9 Å². The number of nitrogens with one attached hydrogen (secondary N) is 1. The molecule has 1 N–H and O–H groups in total. The fourth-order valence-corrected chi connectivity index (χ4v) is 2.79. The van der Waals surface area contributed by atoms with Crippen molar-refractivity contribution in [2.45, 2.75) is 25.4 Å². The van der Waals surface area contributed by atoms with Gasteiger partial charge in [-0.3, -0.25) is 9.62 Å². The number of nitrogens with zero attached hydrogens (tertiary/aromatic N) is 1. The van der Waals surface area contributed by atoms with Crippen molar-refractivity contribution in [2.24, 2.45) is 0 Å². The molecule has 1 aliphatic heterocycles. The average Bonchev–Trinajstić information content (AvgIpc) is 2.33. The molecule has 0 aliphatic carbocycles. The molecule has 1 aliphatic rings. The van der Waals surface area contributed by atoms with Crippen LogP contribution in [-0.4, -0.2) is 30.3 Å². The van der Waals surface area contributed by atoms with E-state index in [4.69, 9.17) is 0 Å². The second kappa shape index (κ2) is 6.28. The standard InChI is InChI=1S/C13H20N2S/c1-16-14-13-7-9-15(10-8-13)11-12-5-3-2-4-6-12/h2-6,13-14H,7-11H2,1H3. The largest absolute Gasteiger partial charge is 0.299 e. The molecule has 1 saturated heterocycles. The van der Waals surface area contributed by atoms with Gasteiger partial charge in [0.15, 0.2) is 0 Å². The van der Waals surface area contributed by atoms with Crippen molar-refractivity contribution in [1.29, 1.82) is 0 Å². The molecular weight excluding hydrogens is 216 g/mol. The van der Waals surface area contributed by atoms with E-state index in [2.05, 4.69) is 46.2 Å². The molecule has 1 aromatic rings. The van der Waals surface area contributed by atoms with Gasteiger partial charge in [-0.15, -0.1) is 0 Å². The number of piperidine rings is 1. The van der Waals surface area contributed by atoms with Crippen LogP contribution >= 0.6 is 11.9 Å². The van der Waals surface area contributed by atoms with Crippen LogP contribution in [0.3, 0.4) is 0 Å². The average molecular weight is 236 g/mol. The summed E-state index contributed by atoms with van der Waals surface area (Å²) < 4.78 is 3.46. The molecule has 3 heteroatoms. The van der Waals surface area contributed by atoms with Gasteiger partial charge in [0.1, 0.15) is 0 Å². The van der Waals surface area contributed by atoms with Crippen LogP contribution in [0.25, 0.3) is 0 Å². The summed E-state index contributed by atoms with van der Waals surface area (Å²) in [6.45, 7) is 3.53. The van der Waals surface area contributed by atoms with Crippen LogP contribution in [0.4, 0.5) is 0 Å². The number of rotatable bonds is 4. The Labute approximate surface area is 103 Å². The van der Waals surface area contributed by atoms with Gasteiger partial charge in [-0.05, 0) is 37.8 Å². The van der Waals surface area contributed by atoms with Crippen LogP contribution < -0.4 is 4.72 Å². The van der Waals surface area contributed by atoms with Gasteiger partial charge in [0.25, 0.3) is 0 Å². The zero-order valence-electron chi connectivity index (χ0n) is 9.86. The third-order valence-electron chi connectivity index (χ3n) is 3.12. The zero-order chi connectivity index (χ0) is 11.2. The van der Waals surface area contributed by atoms with E-state index in [1.807, 2.05) is 0 Å². The highest BCUT2D eigenvalue weighted by atomic mass is 32.2. The minimum atomic E-state index is 0.710. The van der Waals surface area contributed by atoms with Crippen molar-refractivity contribution in [3.63, 3.8) is 0 Å². The van der Waals surface area contributed by atoms with Gasteiger partial charge < -0.3 is 0 Å². The first-order valence-electron chi connectivity index (χ1n) is 5.93. The third-order valence-corrected chi connectivity index (χ3v) is 3.69. The molecule has 16 heavy (non-hydrogen) atoms. The first kappa shape index (κ1) is 12.0. The number of likely N-dealkylation sites (tertiary alicyclic amines) is 1. The van der Waals surface area contributed by atoms with Crippen LogP contribution in [0.15, 0.2) is 30.3 Å². The molecule has 0 bridgehead atoms. The first-order chi connectivity index (χ1) is 7.88. The highest BCUT2D eigenvalue weighted by Gasteiger charge is 2.18. The van der Waals surface area contributed by atoms with Crippen molar-refractivity contribution in [1.82, 2.24) is 9.62 Å². The van der Waals surface area contributed by atoms with E-state index in [1.165, 1.54) is 31.5 Å². The third kappa shape index (κ3) is 3.51. The number of hydrogen-bond acceptors (Lipinski definition) is 3. The summed E-state index contributed by atoms with van der Waals surface area (Å²) in [4.78, 5) is 2.55. The molecule has 88 valence electrons. The summed E-state index contributed by atoms with van der Waals surface area (Å²) in [7, 11) is 0. The minimum absolute atomic E-state index is 0.710. The summed E-state index contributed by atoms with van der Waals surface area (Å²) >= 11 is 1.74. The Bertz CT molecular complexity index is 294. The normalized spacial score (nSPS) is 18.8. The predicted octanol–water partition coefficient (Wildman–Crippen LogP) is 2.52. The lowest BCUT2D eigenvalue weighted by Crippen LogP contribution is -2.39. The summed E-state index contributed by atoms with van der Waals surface area (Å²) in [5, 5.41) is 0. The first-order valence-corrected chi connectivity index (χ1v) is 7.16. The summed E-state index contributed by atoms with van der Waals surface area (Å²) in [5.41, 5.74) is 1.43. The van der Waals surface area contributed by atoms with Gasteiger partial charge in [-0.2, -0.15) is 0 Å². The molecule has 2 nitrogen and oxygen atoms in total. The van der Waals surface area contributed by atoms with Gasteiger partial charge in [0, 0.05) is 12.6 Å². The lowest BCUT2D eigenvalue weighted by atomic mass is 10.1. The van der Waals surface area contributed by atoms with Crippen molar-refractivity contribution in [2.75, 3.05) is 19.3 Å².